The Balaban J connectivity index is 2.18. The maximum atomic E-state index is 5.46. The maximum Gasteiger partial charge on any atom is 0.147 e. The molecule has 2 aromatic rings. The zero-order valence-electron chi connectivity index (χ0n) is 9.18. The molecule has 0 saturated carbocycles. The van der Waals surface area contributed by atoms with Gasteiger partial charge >= 0.3 is 0 Å². The molecule has 2 N–H and O–H groups in total. The fraction of sp³-hybridized carbons (Fsp3) is 0.364. The van der Waals surface area contributed by atoms with Gasteiger partial charge in [0.1, 0.15) is 10.0 Å². The summed E-state index contributed by atoms with van der Waals surface area (Å²) < 4.78 is 0. The highest BCUT2D eigenvalue weighted by molar-refractivity contribution is 7.14. The quantitative estimate of drug-likeness (QED) is 0.876. The van der Waals surface area contributed by atoms with Crippen LogP contribution in [0.1, 0.15) is 17.1 Å². The van der Waals surface area contributed by atoms with Crippen LogP contribution in [0.4, 0.5) is 0 Å². The van der Waals surface area contributed by atoms with Crippen molar-refractivity contribution in [1.82, 2.24) is 15.2 Å². The fourth-order valence-electron chi connectivity index (χ4n) is 1.40. The van der Waals surface area contributed by atoms with Crippen molar-refractivity contribution in [2.45, 2.75) is 19.8 Å². The van der Waals surface area contributed by atoms with Crippen molar-refractivity contribution in [3.63, 3.8) is 0 Å². The van der Waals surface area contributed by atoms with Crippen LogP contribution >= 0.6 is 11.3 Å². The molecule has 16 heavy (non-hydrogen) atoms. The largest absolute Gasteiger partial charge is 0.330 e. The number of hydrogen-bond donors (Lipinski definition) is 1. The smallest absolute Gasteiger partial charge is 0.147 e. The van der Waals surface area contributed by atoms with Crippen LogP contribution in [0.3, 0.4) is 0 Å². The molecule has 5 heteroatoms. The van der Waals surface area contributed by atoms with E-state index in [4.69, 9.17) is 5.73 Å². The first-order chi connectivity index (χ1) is 7.79. The number of aromatic nitrogens is 3. The van der Waals surface area contributed by atoms with Crippen LogP contribution in [0.15, 0.2) is 18.3 Å². The van der Waals surface area contributed by atoms with Crippen molar-refractivity contribution >= 4 is 11.3 Å². The van der Waals surface area contributed by atoms with Crippen LogP contribution in [-0.2, 0) is 6.42 Å². The van der Waals surface area contributed by atoms with Gasteiger partial charge in [0, 0.05) is 23.9 Å². The third-order valence-electron chi connectivity index (χ3n) is 2.21. The van der Waals surface area contributed by atoms with Crippen molar-refractivity contribution in [3.05, 3.63) is 29.0 Å². The molecule has 2 rings (SSSR count). The Labute approximate surface area is 98.6 Å². The fourth-order valence-corrected chi connectivity index (χ4v) is 2.28. The minimum atomic E-state index is 0.698. The number of pyridine rings is 1. The van der Waals surface area contributed by atoms with E-state index in [9.17, 15) is 0 Å². The van der Waals surface area contributed by atoms with Gasteiger partial charge in [-0.15, -0.1) is 10.2 Å². The molecule has 0 aliphatic rings. The zero-order valence-corrected chi connectivity index (χ0v) is 10.00. The summed E-state index contributed by atoms with van der Waals surface area (Å²) in [6, 6.07) is 3.98. The summed E-state index contributed by atoms with van der Waals surface area (Å²) in [4.78, 5) is 4.16. The Morgan fingerprint density at radius 3 is 3.00 bits per heavy atom. The summed E-state index contributed by atoms with van der Waals surface area (Å²) in [7, 11) is 0. The Kier molecular flexibility index (Phi) is 3.58. The average molecular weight is 234 g/mol. The summed E-state index contributed by atoms with van der Waals surface area (Å²) >= 11 is 1.63. The van der Waals surface area contributed by atoms with E-state index in [1.54, 1.807) is 17.5 Å². The normalized spacial score (nSPS) is 10.6. The number of rotatable bonds is 4. The van der Waals surface area contributed by atoms with Crippen LogP contribution in [-0.4, -0.2) is 21.7 Å². The second-order valence-electron chi connectivity index (χ2n) is 3.58. The SMILES string of the molecule is Cc1cc(-c2nnc(CCCN)s2)ccn1. The van der Waals surface area contributed by atoms with Crippen molar-refractivity contribution in [3.8, 4) is 10.6 Å². The van der Waals surface area contributed by atoms with Crippen molar-refractivity contribution in [1.29, 1.82) is 0 Å². The summed E-state index contributed by atoms with van der Waals surface area (Å²) in [6.45, 7) is 2.67. The third-order valence-corrected chi connectivity index (χ3v) is 3.24. The van der Waals surface area contributed by atoms with Gasteiger partial charge in [-0.1, -0.05) is 11.3 Å². The molecule has 0 aliphatic heterocycles. The first kappa shape index (κ1) is 11.2. The van der Waals surface area contributed by atoms with Crippen LogP contribution in [0.2, 0.25) is 0 Å². The van der Waals surface area contributed by atoms with Gasteiger partial charge in [0.15, 0.2) is 0 Å². The molecular formula is C11H14N4S. The van der Waals surface area contributed by atoms with E-state index in [-0.39, 0.29) is 0 Å². The minimum Gasteiger partial charge on any atom is -0.330 e. The van der Waals surface area contributed by atoms with E-state index in [0.29, 0.717) is 6.54 Å². The molecule has 0 fully saturated rings. The summed E-state index contributed by atoms with van der Waals surface area (Å²) in [5.74, 6) is 0. The second kappa shape index (κ2) is 5.14. The lowest BCUT2D eigenvalue weighted by Gasteiger charge is -1.95. The minimum absolute atomic E-state index is 0.698. The lowest BCUT2D eigenvalue weighted by atomic mass is 10.2. The van der Waals surface area contributed by atoms with Crippen molar-refractivity contribution < 1.29 is 0 Å². The monoisotopic (exact) mass is 234 g/mol. The van der Waals surface area contributed by atoms with E-state index < -0.39 is 0 Å². The van der Waals surface area contributed by atoms with Gasteiger partial charge in [-0.05, 0) is 32.0 Å². The molecule has 0 bridgehead atoms. The number of hydrogen-bond acceptors (Lipinski definition) is 5. The van der Waals surface area contributed by atoms with Gasteiger partial charge in [-0.25, -0.2) is 0 Å². The van der Waals surface area contributed by atoms with Crippen LogP contribution in [0.5, 0.6) is 0 Å². The summed E-state index contributed by atoms with van der Waals surface area (Å²) in [5.41, 5.74) is 7.55. The molecule has 0 aliphatic carbocycles. The molecule has 4 nitrogen and oxygen atoms in total. The van der Waals surface area contributed by atoms with E-state index in [1.807, 2.05) is 19.1 Å². The molecule has 0 aromatic carbocycles. The van der Waals surface area contributed by atoms with Gasteiger partial charge < -0.3 is 5.73 Å². The standard InChI is InChI=1S/C11H14N4S/c1-8-7-9(4-6-13-8)11-15-14-10(16-11)3-2-5-12/h4,6-7H,2-3,5,12H2,1H3. The van der Waals surface area contributed by atoms with Crippen LogP contribution in [0, 0.1) is 6.92 Å². The molecule has 0 saturated heterocycles. The Morgan fingerprint density at radius 2 is 2.25 bits per heavy atom. The first-order valence-corrected chi connectivity index (χ1v) is 6.06. The summed E-state index contributed by atoms with van der Waals surface area (Å²) in [6.07, 6.45) is 3.67. The Hall–Kier alpha value is -1.33. The molecule has 0 amide bonds. The molecule has 2 heterocycles. The number of nitrogens with two attached hydrogens (primary N) is 1. The molecule has 84 valence electrons. The van der Waals surface area contributed by atoms with E-state index in [0.717, 1.165) is 34.1 Å². The first-order valence-electron chi connectivity index (χ1n) is 5.25. The Morgan fingerprint density at radius 1 is 1.38 bits per heavy atom. The highest BCUT2D eigenvalue weighted by Crippen LogP contribution is 2.23. The molecule has 0 atom stereocenters. The van der Waals surface area contributed by atoms with Gasteiger partial charge in [-0.2, -0.15) is 0 Å². The van der Waals surface area contributed by atoms with Gasteiger partial charge in [0.25, 0.3) is 0 Å². The topological polar surface area (TPSA) is 64.7 Å². The lowest BCUT2D eigenvalue weighted by Crippen LogP contribution is -1.99. The third kappa shape index (κ3) is 2.62. The lowest BCUT2D eigenvalue weighted by molar-refractivity contribution is 0.812. The highest BCUT2D eigenvalue weighted by Gasteiger charge is 2.06. The van der Waals surface area contributed by atoms with E-state index in [1.165, 1.54) is 0 Å². The van der Waals surface area contributed by atoms with Crippen molar-refractivity contribution in [2.75, 3.05) is 6.54 Å². The predicted molar refractivity (Wildman–Crippen MR) is 65.3 cm³/mol. The predicted octanol–water partition coefficient (Wildman–Crippen LogP) is 1.80. The highest BCUT2D eigenvalue weighted by atomic mass is 32.1. The number of aryl methyl sites for hydroxylation is 2. The van der Waals surface area contributed by atoms with Gasteiger partial charge in [0.05, 0.1) is 0 Å². The van der Waals surface area contributed by atoms with E-state index >= 15 is 0 Å². The zero-order chi connectivity index (χ0) is 11.4. The van der Waals surface area contributed by atoms with Crippen LogP contribution < -0.4 is 5.73 Å². The summed E-state index contributed by atoms with van der Waals surface area (Å²) in [5, 5.41) is 10.3. The van der Waals surface area contributed by atoms with Gasteiger partial charge in [-0.3, -0.25) is 4.98 Å². The second-order valence-corrected chi connectivity index (χ2v) is 4.64. The maximum absolute atomic E-state index is 5.46. The molecule has 0 unspecified atom stereocenters. The van der Waals surface area contributed by atoms with E-state index in [2.05, 4.69) is 15.2 Å². The Bertz CT molecular complexity index is 467. The number of nitrogens with zero attached hydrogens (tertiary/aromatic N) is 3. The van der Waals surface area contributed by atoms with Crippen molar-refractivity contribution in [2.24, 2.45) is 5.73 Å². The molecule has 0 spiro atoms. The van der Waals surface area contributed by atoms with Crippen LogP contribution in [0.25, 0.3) is 10.6 Å². The average Bonchev–Trinajstić information content (AvgIpc) is 2.75. The van der Waals surface area contributed by atoms with Gasteiger partial charge in [0.2, 0.25) is 0 Å². The molecule has 0 radical (unpaired) electrons. The molecule has 2 aromatic heterocycles. The molecular weight excluding hydrogens is 220 g/mol.